The lowest BCUT2D eigenvalue weighted by molar-refractivity contribution is -0.121. The number of carbonyl (C=O) groups excluding carboxylic acids is 2. The third-order valence-corrected chi connectivity index (χ3v) is 3.11. The third kappa shape index (κ3) is 5.10. The maximum atomic E-state index is 11.6. The van der Waals surface area contributed by atoms with Crippen molar-refractivity contribution in [1.82, 2.24) is 5.32 Å². The van der Waals surface area contributed by atoms with Crippen molar-refractivity contribution in [2.45, 2.75) is 38.6 Å². The van der Waals surface area contributed by atoms with Gasteiger partial charge in [0.05, 0.1) is 25.2 Å². The van der Waals surface area contributed by atoms with Crippen LogP contribution in [0.3, 0.4) is 0 Å². The SMILES string of the molecule is CCCOc1ccc(C=O)c(OCCC(=O)NC2CC2)c1. The first-order valence-electron chi connectivity index (χ1n) is 7.37. The monoisotopic (exact) mass is 291 g/mol. The molecule has 1 aliphatic carbocycles. The molecule has 5 heteroatoms. The molecule has 0 aromatic heterocycles. The lowest BCUT2D eigenvalue weighted by Crippen LogP contribution is -2.26. The molecule has 1 fully saturated rings. The largest absolute Gasteiger partial charge is 0.493 e. The molecule has 0 unspecified atom stereocenters. The molecule has 1 aromatic rings. The molecule has 0 spiro atoms. The normalized spacial score (nSPS) is 13.6. The lowest BCUT2D eigenvalue weighted by Gasteiger charge is -2.11. The Morgan fingerprint density at radius 3 is 2.81 bits per heavy atom. The number of ether oxygens (including phenoxy) is 2. The van der Waals surface area contributed by atoms with Gasteiger partial charge in [-0.25, -0.2) is 0 Å². The van der Waals surface area contributed by atoms with Crippen LogP contribution in [0.1, 0.15) is 43.0 Å². The van der Waals surface area contributed by atoms with Crippen LogP contribution in [0.5, 0.6) is 11.5 Å². The molecule has 0 aliphatic heterocycles. The number of nitrogens with one attached hydrogen (secondary N) is 1. The van der Waals surface area contributed by atoms with Gasteiger partial charge in [0.15, 0.2) is 6.29 Å². The number of hydrogen-bond acceptors (Lipinski definition) is 4. The van der Waals surface area contributed by atoms with Crippen molar-refractivity contribution in [2.24, 2.45) is 0 Å². The van der Waals surface area contributed by atoms with Gasteiger partial charge in [0.2, 0.25) is 5.91 Å². The molecule has 1 N–H and O–H groups in total. The summed E-state index contributed by atoms with van der Waals surface area (Å²) in [5, 5.41) is 2.89. The molecule has 2 rings (SSSR count). The van der Waals surface area contributed by atoms with Crippen LogP contribution >= 0.6 is 0 Å². The summed E-state index contributed by atoms with van der Waals surface area (Å²) in [4.78, 5) is 22.6. The predicted molar refractivity (Wildman–Crippen MR) is 78.9 cm³/mol. The number of benzene rings is 1. The van der Waals surface area contributed by atoms with Gasteiger partial charge in [-0.15, -0.1) is 0 Å². The van der Waals surface area contributed by atoms with Crippen LogP contribution in [-0.2, 0) is 4.79 Å². The predicted octanol–water partition coefficient (Wildman–Crippen LogP) is 2.34. The Kier molecular flexibility index (Phi) is 5.60. The van der Waals surface area contributed by atoms with E-state index in [1.807, 2.05) is 6.92 Å². The Labute approximate surface area is 124 Å². The molecule has 0 heterocycles. The zero-order valence-electron chi connectivity index (χ0n) is 12.3. The van der Waals surface area contributed by atoms with Crippen LogP contribution in [0.4, 0.5) is 0 Å². The van der Waals surface area contributed by atoms with Gasteiger partial charge in [-0.05, 0) is 31.4 Å². The molecule has 0 bridgehead atoms. The molecule has 0 radical (unpaired) electrons. The second-order valence-corrected chi connectivity index (χ2v) is 5.11. The Morgan fingerprint density at radius 1 is 1.33 bits per heavy atom. The van der Waals surface area contributed by atoms with E-state index in [4.69, 9.17) is 9.47 Å². The number of carbonyl (C=O) groups is 2. The smallest absolute Gasteiger partial charge is 0.223 e. The summed E-state index contributed by atoms with van der Waals surface area (Å²) in [5.41, 5.74) is 0.460. The van der Waals surface area contributed by atoms with Crippen LogP contribution in [0.2, 0.25) is 0 Å². The van der Waals surface area contributed by atoms with Crippen molar-refractivity contribution in [3.05, 3.63) is 23.8 Å². The maximum absolute atomic E-state index is 11.6. The summed E-state index contributed by atoms with van der Waals surface area (Å²) in [5.74, 6) is 1.11. The van der Waals surface area contributed by atoms with E-state index in [0.29, 0.717) is 29.7 Å². The fourth-order valence-corrected chi connectivity index (χ4v) is 1.83. The number of hydrogen-bond donors (Lipinski definition) is 1. The molecule has 21 heavy (non-hydrogen) atoms. The Bertz CT molecular complexity index is 497. The highest BCUT2D eigenvalue weighted by atomic mass is 16.5. The molecule has 0 atom stereocenters. The molecule has 114 valence electrons. The number of amides is 1. The zero-order valence-corrected chi connectivity index (χ0v) is 12.3. The third-order valence-electron chi connectivity index (χ3n) is 3.11. The highest BCUT2D eigenvalue weighted by molar-refractivity contribution is 5.80. The van der Waals surface area contributed by atoms with Crippen LogP contribution in [0.25, 0.3) is 0 Å². The van der Waals surface area contributed by atoms with E-state index >= 15 is 0 Å². The molecule has 1 aromatic carbocycles. The summed E-state index contributed by atoms with van der Waals surface area (Å²) in [6, 6.07) is 5.45. The van der Waals surface area contributed by atoms with Gasteiger partial charge in [-0.3, -0.25) is 9.59 Å². The summed E-state index contributed by atoms with van der Waals surface area (Å²) in [6.45, 7) is 2.88. The van der Waals surface area contributed by atoms with Gasteiger partial charge in [0.25, 0.3) is 0 Å². The van der Waals surface area contributed by atoms with Gasteiger partial charge >= 0.3 is 0 Å². The summed E-state index contributed by atoms with van der Waals surface area (Å²) in [7, 11) is 0. The fraction of sp³-hybridized carbons (Fsp3) is 0.500. The van der Waals surface area contributed by atoms with Crippen LogP contribution in [0.15, 0.2) is 18.2 Å². The molecule has 1 amide bonds. The van der Waals surface area contributed by atoms with Crippen molar-refractivity contribution in [3.8, 4) is 11.5 Å². The first kappa shape index (κ1) is 15.4. The molecular weight excluding hydrogens is 270 g/mol. The van der Waals surface area contributed by atoms with Crippen molar-refractivity contribution in [1.29, 1.82) is 0 Å². The number of rotatable bonds is 9. The quantitative estimate of drug-likeness (QED) is 0.709. The fourth-order valence-electron chi connectivity index (χ4n) is 1.83. The Balaban J connectivity index is 1.86. The average Bonchev–Trinajstić information content (AvgIpc) is 3.29. The Morgan fingerprint density at radius 2 is 2.14 bits per heavy atom. The van der Waals surface area contributed by atoms with Gasteiger partial charge < -0.3 is 14.8 Å². The van der Waals surface area contributed by atoms with E-state index in [1.54, 1.807) is 18.2 Å². The lowest BCUT2D eigenvalue weighted by atomic mass is 10.2. The van der Waals surface area contributed by atoms with Crippen molar-refractivity contribution < 1.29 is 19.1 Å². The minimum absolute atomic E-state index is 0.0106. The van der Waals surface area contributed by atoms with Gasteiger partial charge in [0.1, 0.15) is 11.5 Å². The van der Waals surface area contributed by atoms with E-state index in [-0.39, 0.29) is 18.9 Å². The minimum atomic E-state index is -0.0106. The summed E-state index contributed by atoms with van der Waals surface area (Å²) < 4.78 is 11.1. The van der Waals surface area contributed by atoms with Gasteiger partial charge in [-0.1, -0.05) is 6.92 Å². The summed E-state index contributed by atoms with van der Waals surface area (Å²) >= 11 is 0. The highest BCUT2D eigenvalue weighted by Crippen LogP contribution is 2.24. The Hall–Kier alpha value is -2.04. The van der Waals surface area contributed by atoms with Crippen molar-refractivity contribution in [2.75, 3.05) is 13.2 Å². The molecule has 5 nitrogen and oxygen atoms in total. The first-order chi connectivity index (χ1) is 10.2. The minimum Gasteiger partial charge on any atom is -0.493 e. The second kappa shape index (κ2) is 7.67. The first-order valence-corrected chi connectivity index (χ1v) is 7.37. The van der Waals surface area contributed by atoms with Gasteiger partial charge in [-0.2, -0.15) is 0 Å². The maximum Gasteiger partial charge on any atom is 0.223 e. The summed E-state index contributed by atoms with van der Waals surface area (Å²) in [6.07, 6.45) is 4.07. The van der Waals surface area contributed by atoms with Crippen LogP contribution in [-0.4, -0.2) is 31.4 Å². The average molecular weight is 291 g/mol. The molecular formula is C16H21NO4. The molecule has 1 aliphatic rings. The second-order valence-electron chi connectivity index (χ2n) is 5.11. The topological polar surface area (TPSA) is 64.6 Å². The van der Waals surface area contributed by atoms with E-state index in [2.05, 4.69) is 5.32 Å². The highest BCUT2D eigenvalue weighted by Gasteiger charge is 2.22. The zero-order chi connectivity index (χ0) is 15.1. The van der Waals surface area contributed by atoms with Gasteiger partial charge in [0, 0.05) is 12.1 Å². The van der Waals surface area contributed by atoms with E-state index in [0.717, 1.165) is 25.5 Å². The molecule has 0 saturated heterocycles. The van der Waals surface area contributed by atoms with E-state index in [1.165, 1.54) is 0 Å². The number of aldehydes is 1. The molecule has 1 saturated carbocycles. The van der Waals surface area contributed by atoms with E-state index in [9.17, 15) is 9.59 Å². The van der Waals surface area contributed by atoms with E-state index < -0.39 is 0 Å². The van der Waals surface area contributed by atoms with Crippen LogP contribution < -0.4 is 14.8 Å². The van der Waals surface area contributed by atoms with Crippen molar-refractivity contribution >= 4 is 12.2 Å². The standard InChI is InChI=1S/C16H21NO4/c1-2-8-20-14-6-3-12(11-18)15(10-14)21-9-7-16(19)17-13-4-5-13/h3,6,10-11,13H,2,4-5,7-9H2,1H3,(H,17,19). The van der Waals surface area contributed by atoms with Crippen molar-refractivity contribution in [3.63, 3.8) is 0 Å². The van der Waals surface area contributed by atoms with Crippen LogP contribution in [0, 0.1) is 0 Å².